The van der Waals surface area contributed by atoms with Gasteiger partial charge in [-0.25, -0.2) is 0 Å². The van der Waals surface area contributed by atoms with Gasteiger partial charge < -0.3 is 16.0 Å². The molecular formula is C16H21N5OS. The Labute approximate surface area is 140 Å². The zero-order valence-corrected chi connectivity index (χ0v) is 14.1. The first-order chi connectivity index (χ1) is 11.2. The van der Waals surface area contributed by atoms with Crippen molar-refractivity contribution in [3.05, 3.63) is 46.9 Å². The van der Waals surface area contributed by atoms with Gasteiger partial charge >= 0.3 is 0 Å². The van der Waals surface area contributed by atoms with Crippen LogP contribution >= 0.6 is 11.3 Å². The zero-order chi connectivity index (χ0) is 16.5. The lowest BCUT2D eigenvalue weighted by Gasteiger charge is -2.15. The van der Waals surface area contributed by atoms with E-state index in [2.05, 4.69) is 44.3 Å². The minimum Gasteiger partial charge on any atom is -0.356 e. The van der Waals surface area contributed by atoms with E-state index in [1.807, 2.05) is 6.07 Å². The molecule has 6 nitrogen and oxygen atoms in total. The van der Waals surface area contributed by atoms with Crippen LogP contribution in [0.3, 0.4) is 0 Å². The average molecular weight is 331 g/mol. The van der Waals surface area contributed by atoms with Crippen molar-refractivity contribution in [2.45, 2.75) is 12.8 Å². The number of rotatable bonds is 6. The van der Waals surface area contributed by atoms with E-state index in [1.54, 1.807) is 42.9 Å². The Morgan fingerprint density at radius 3 is 2.87 bits per heavy atom. The number of pyridine rings is 1. The lowest BCUT2D eigenvalue weighted by atomic mass is 10.1. The zero-order valence-electron chi connectivity index (χ0n) is 13.2. The van der Waals surface area contributed by atoms with Gasteiger partial charge in [0.15, 0.2) is 5.96 Å². The van der Waals surface area contributed by atoms with E-state index in [0.29, 0.717) is 17.6 Å². The highest BCUT2D eigenvalue weighted by Crippen LogP contribution is 2.19. The van der Waals surface area contributed by atoms with E-state index in [0.717, 1.165) is 6.54 Å². The molecule has 122 valence electrons. The summed E-state index contributed by atoms with van der Waals surface area (Å²) in [6.07, 6.45) is 3.27. The molecule has 7 heteroatoms. The molecule has 0 aromatic carbocycles. The number of hydrogen-bond acceptors (Lipinski definition) is 4. The van der Waals surface area contributed by atoms with Crippen molar-refractivity contribution < 1.29 is 4.79 Å². The van der Waals surface area contributed by atoms with Crippen molar-refractivity contribution in [1.29, 1.82) is 0 Å². The lowest BCUT2D eigenvalue weighted by Crippen LogP contribution is -2.42. The van der Waals surface area contributed by atoms with Gasteiger partial charge in [-0.2, -0.15) is 0 Å². The Bertz CT molecular complexity index is 627. The monoisotopic (exact) mass is 331 g/mol. The highest BCUT2D eigenvalue weighted by Gasteiger charge is 2.08. The predicted molar refractivity (Wildman–Crippen MR) is 95.0 cm³/mol. The highest BCUT2D eigenvalue weighted by atomic mass is 32.1. The number of aliphatic imine (C=N–C) groups is 1. The van der Waals surface area contributed by atoms with E-state index in [1.165, 1.54) is 4.88 Å². The molecule has 3 N–H and O–H groups in total. The summed E-state index contributed by atoms with van der Waals surface area (Å²) in [5, 5.41) is 11.1. The summed E-state index contributed by atoms with van der Waals surface area (Å²) >= 11 is 1.74. The third-order valence-corrected chi connectivity index (χ3v) is 4.29. The summed E-state index contributed by atoms with van der Waals surface area (Å²) in [6.45, 7) is 3.05. The number of anilines is 1. The van der Waals surface area contributed by atoms with Gasteiger partial charge in [-0.1, -0.05) is 13.0 Å². The number of nitrogens with zero attached hydrogens (tertiary/aromatic N) is 2. The van der Waals surface area contributed by atoms with Crippen molar-refractivity contribution in [2.75, 3.05) is 25.5 Å². The molecule has 0 bridgehead atoms. The van der Waals surface area contributed by atoms with E-state index < -0.39 is 0 Å². The van der Waals surface area contributed by atoms with E-state index >= 15 is 0 Å². The fourth-order valence-corrected chi connectivity index (χ4v) is 2.74. The molecule has 0 aliphatic heterocycles. The van der Waals surface area contributed by atoms with Crippen LogP contribution in [0.5, 0.6) is 0 Å². The maximum absolute atomic E-state index is 11.9. The normalized spacial score (nSPS) is 12.5. The van der Waals surface area contributed by atoms with Crippen molar-refractivity contribution in [3.8, 4) is 0 Å². The molecule has 2 aromatic rings. The van der Waals surface area contributed by atoms with Crippen LogP contribution in [0.1, 0.15) is 17.7 Å². The first kappa shape index (κ1) is 17.0. The Balaban J connectivity index is 1.73. The summed E-state index contributed by atoms with van der Waals surface area (Å²) < 4.78 is 0. The van der Waals surface area contributed by atoms with Gasteiger partial charge in [-0.05, 0) is 23.6 Å². The van der Waals surface area contributed by atoms with E-state index in [4.69, 9.17) is 0 Å². The van der Waals surface area contributed by atoms with Crippen LogP contribution in [0, 0.1) is 0 Å². The van der Waals surface area contributed by atoms with Crippen LogP contribution in [-0.2, 0) is 4.79 Å². The van der Waals surface area contributed by atoms with E-state index in [-0.39, 0.29) is 12.5 Å². The van der Waals surface area contributed by atoms with Gasteiger partial charge in [-0.3, -0.25) is 14.8 Å². The molecule has 1 amide bonds. The number of carbonyl (C=O) groups is 1. The Kier molecular flexibility index (Phi) is 6.56. The second kappa shape index (κ2) is 8.89. The van der Waals surface area contributed by atoms with Crippen molar-refractivity contribution >= 4 is 28.9 Å². The van der Waals surface area contributed by atoms with Crippen LogP contribution < -0.4 is 16.0 Å². The topological polar surface area (TPSA) is 78.4 Å². The molecule has 0 saturated heterocycles. The number of nitrogens with one attached hydrogen (secondary N) is 3. The van der Waals surface area contributed by atoms with Gasteiger partial charge in [0.2, 0.25) is 5.91 Å². The molecule has 1 atom stereocenters. The summed E-state index contributed by atoms with van der Waals surface area (Å²) in [5.41, 5.74) is 0.675. The first-order valence-electron chi connectivity index (χ1n) is 7.37. The number of thiophene rings is 1. The molecule has 0 aliphatic rings. The van der Waals surface area contributed by atoms with Gasteiger partial charge in [0.1, 0.15) is 0 Å². The van der Waals surface area contributed by atoms with Gasteiger partial charge in [-0.15, -0.1) is 11.3 Å². The number of guanidine groups is 1. The molecule has 0 aliphatic carbocycles. The second-order valence-electron chi connectivity index (χ2n) is 5.01. The third-order valence-electron chi connectivity index (χ3n) is 3.19. The van der Waals surface area contributed by atoms with Crippen molar-refractivity contribution in [2.24, 2.45) is 4.99 Å². The fourth-order valence-electron chi connectivity index (χ4n) is 1.95. The third kappa shape index (κ3) is 5.71. The molecule has 2 rings (SSSR count). The minimum absolute atomic E-state index is 0.141. The number of carbonyl (C=O) groups excluding carboxylic acids is 1. The Hall–Kier alpha value is -2.41. The predicted octanol–water partition coefficient (Wildman–Crippen LogP) is 2.05. The molecule has 0 saturated carbocycles. The highest BCUT2D eigenvalue weighted by molar-refractivity contribution is 7.10. The van der Waals surface area contributed by atoms with Gasteiger partial charge in [0.25, 0.3) is 0 Å². The van der Waals surface area contributed by atoms with Gasteiger partial charge in [0.05, 0.1) is 18.4 Å². The first-order valence-corrected chi connectivity index (χ1v) is 8.25. The quantitative estimate of drug-likeness (QED) is 0.559. The van der Waals surface area contributed by atoms with E-state index in [9.17, 15) is 4.79 Å². The lowest BCUT2D eigenvalue weighted by molar-refractivity contribution is -0.115. The van der Waals surface area contributed by atoms with Crippen LogP contribution in [0.25, 0.3) is 0 Å². The molecule has 1 unspecified atom stereocenters. The molecular weight excluding hydrogens is 310 g/mol. The molecule has 0 radical (unpaired) electrons. The molecule has 23 heavy (non-hydrogen) atoms. The van der Waals surface area contributed by atoms with Crippen LogP contribution in [0.15, 0.2) is 47.0 Å². The SMILES string of the molecule is CN=C(NCC(=O)Nc1cccnc1)NCC(C)c1cccs1. The number of amides is 1. The second-order valence-corrected chi connectivity index (χ2v) is 5.99. The standard InChI is InChI=1S/C16H21N5OS/c1-12(14-6-4-8-23-14)9-19-16(17-2)20-11-15(22)21-13-5-3-7-18-10-13/h3-8,10,12H,9,11H2,1-2H3,(H,21,22)(H2,17,19,20). The summed E-state index contributed by atoms with van der Waals surface area (Å²) in [7, 11) is 1.68. The summed E-state index contributed by atoms with van der Waals surface area (Å²) in [6, 6.07) is 7.73. The number of aromatic nitrogens is 1. The van der Waals surface area contributed by atoms with Crippen LogP contribution in [-0.4, -0.2) is 37.0 Å². The van der Waals surface area contributed by atoms with Crippen LogP contribution in [0.2, 0.25) is 0 Å². The summed E-state index contributed by atoms with van der Waals surface area (Å²) in [4.78, 5) is 21.3. The molecule has 0 fully saturated rings. The Morgan fingerprint density at radius 2 is 2.22 bits per heavy atom. The summed E-state index contributed by atoms with van der Waals surface area (Å²) in [5.74, 6) is 0.847. The molecule has 0 spiro atoms. The van der Waals surface area contributed by atoms with Crippen molar-refractivity contribution in [3.63, 3.8) is 0 Å². The van der Waals surface area contributed by atoms with Gasteiger partial charge in [0, 0.05) is 30.6 Å². The smallest absolute Gasteiger partial charge is 0.243 e. The average Bonchev–Trinajstić information content (AvgIpc) is 3.10. The maximum Gasteiger partial charge on any atom is 0.243 e. The van der Waals surface area contributed by atoms with Crippen molar-refractivity contribution in [1.82, 2.24) is 15.6 Å². The molecule has 2 aromatic heterocycles. The maximum atomic E-state index is 11.9. The van der Waals surface area contributed by atoms with Crippen LogP contribution in [0.4, 0.5) is 5.69 Å². The Morgan fingerprint density at radius 1 is 1.35 bits per heavy atom. The molecule has 2 heterocycles. The number of hydrogen-bond donors (Lipinski definition) is 3. The minimum atomic E-state index is -0.146. The fraction of sp³-hybridized carbons (Fsp3) is 0.312. The largest absolute Gasteiger partial charge is 0.356 e.